The number of aryl methyl sites for hydroxylation is 2. The van der Waals surface area contributed by atoms with Gasteiger partial charge in [0, 0.05) is 9.50 Å². The number of imide groups is 1. The summed E-state index contributed by atoms with van der Waals surface area (Å²) < 4.78 is 6.39. The second kappa shape index (κ2) is 10.7. The first-order chi connectivity index (χ1) is 16.7. The maximum Gasteiger partial charge on any atom is 0.298 e. The lowest BCUT2D eigenvalue weighted by Gasteiger charge is -2.12. The minimum absolute atomic E-state index is 0.154. The van der Waals surface area contributed by atoms with Crippen LogP contribution in [0.15, 0.2) is 70.0 Å². The highest BCUT2D eigenvalue weighted by atomic mass is 79.9. The lowest BCUT2D eigenvalue weighted by Crippen LogP contribution is -2.27. The van der Waals surface area contributed by atoms with Crippen molar-refractivity contribution in [1.29, 1.82) is 0 Å². The zero-order chi connectivity index (χ0) is 25.1. The van der Waals surface area contributed by atoms with Gasteiger partial charge < -0.3 is 10.1 Å². The summed E-state index contributed by atoms with van der Waals surface area (Å²) in [4.78, 5) is 38.9. The minimum Gasteiger partial charge on any atom is -0.484 e. The molecule has 1 aliphatic heterocycles. The number of halogens is 2. The molecule has 1 aliphatic rings. The molecule has 3 aromatic carbocycles. The van der Waals surface area contributed by atoms with E-state index in [1.54, 1.807) is 54.6 Å². The zero-order valence-corrected chi connectivity index (χ0v) is 22.0. The molecule has 6 nitrogen and oxygen atoms in total. The van der Waals surface area contributed by atoms with E-state index in [1.807, 2.05) is 26.0 Å². The van der Waals surface area contributed by atoms with Crippen molar-refractivity contribution in [3.63, 3.8) is 0 Å². The van der Waals surface area contributed by atoms with Gasteiger partial charge in [-0.05, 0) is 113 Å². The number of hydrogen-bond acceptors (Lipinski definition) is 5. The average Bonchev–Trinajstić information content (AvgIpc) is 3.10. The van der Waals surface area contributed by atoms with Gasteiger partial charge in [-0.3, -0.25) is 14.4 Å². The van der Waals surface area contributed by atoms with Crippen molar-refractivity contribution in [3.8, 4) is 5.75 Å². The number of carbonyl (C=O) groups is 3. The predicted octanol–water partition coefficient (Wildman–Crippen LogP) is 6.98. The molecule has 0 unspecified atom stereocenters. The molecule has 4 rings (SSSR count). The van der Waals surface area contributed by atoms with E-state index in [2.05, 4.69) is 21.2 Å². The molecule has 0 aliphatic carbocycles. The van der Waals surface area contributed by atoms with E-state index in [-0.39, 0.29) is 17.8 Å². The number of ether oxygens (including phenoxy) is 1. The van der Waals surface area contributed by atoms with Crippen molar-refractivity contribution in [2.24, 2.45) is 0 Å². The van der Waals surface area contributed by atoms with E-state index in [4.69, 9.17) is 16.3 Å². The molecular formula is C26H20BrClN2O4S. The molecule has 9 heteroatoms. The second-order valence-corrected chi connectivity index (χ2v) is 10.1. The Morgan fingerprint density at radius 3 is 2.40 bits per heavy atom. The van der Waals surface area contributed by atoms with E-state index >= 15 is 0 Å². The molecular weight excluding hydrogens is 552 g/mol. The fourth-order valence-corrected chi connectivity index (χ4v) is 4.83. The molecule has 0 bridgehead atoms. The summed E-state index contributed by atoms with van der Waals surface area (Å²) in [7, 11) is 0. The summed E-state index contributed by atoms with van der Waals surface area (Å²) in [6, 6.07) is 17.3. The number of benzene rings is 3. The lowest BCUT2D eigenvalue weighted by atomic mass is 10.1. The number of amides is 3. The van der Waals surface area contributed by atoms with Crippen molar-refractivity contribution in [1.82, 2.24) is 0 Å². The van der Waals surface area contributed by atoms with E-state index in [9.17, 15) is 14.4 Å². The van der Waals surface area contributed by atoms with Gasteiger partial charge >= 0.3 is 0 Å². The van der Waals surface area contributed by atoms with Crippen LogP contribution in [0.5, 0.6) is 5.75 Å². The Hall–Kier alpha value is -3.07. The first kappa shape index (κ1) is 25.0. The van der Waals surface area contributed by atoms with Gasteiger partial charge in [0.05, 0.1) is 16.3 Å². The van der Waals surface area contributed by atoms with Crippen molar-refractivity contribution in [3.05, 3.63) is 91.8 Å². The average molecular weight is 572 g/mol. The highest BCUT2D eigenvalue weighted by Crippen LogP contribution is 2.36. The summed E-state index contributed by atoms with van der Waals surface area (Å²) >= 11 is 10.2. The van der Waals surface area contributed by atoms with Crippen molar-refractivity contribution in [2.45, 2.75) is 13.8 Å². The van der Waals surface area contributed by atoms with Gasteiger partial charge in [0.25, 0.3) is 17.1 Å². The monoisotopic (exact) mass is 570 g/mol. The Balaban J connectivity index is 1.37. The van der Waals surface area contributed by atoms with Crippen molar-refractivity contribution >= 4 is 73.8 Å². The Bertz CT molecular complexity index is 1340. The maximum absolute atomic E-state index is 12.8. The van der Waals surface area contributed by atoms with Crippen LogP contribution < -0.4 is 15.0 Å². The molecule has 35 heavy (non-hydrogen) atoms. The second-order valence-electron chi connectivity index (χ2n) is 7.82. The molecule has 0 saturated carbocycles. The molecule has 0 aromatic heterocycles. The number of thioether (sulfide) groups is 1. The minimum atomic E-state index is -0.392. The topological polar surface area (TPSA) is 75.7 Å². The smallest absolute Gasteiger partial charge is 0.298 e. The number of nitrogens with zero attached hydrogens (tertiary/aromatic N) is 1. The Morgan fingerprint density at radius 1 is 1.06 bits per heavy atom. The number of anilines is 2. The number of nitrogens with one attached hydrogen (secondary N) is 1. The molecule has 1 N–H and O–H groups in total. The Labute approximate surface area is 220 Å². The van der Waals surface area contributed by atoms with Crippen LogP contribution in [-0.2, 0) is 9.59 Å². The first-order valence-electron chi connectivity index (χ1n) is 10.5. The van der Waals surface area contributed by atoms with Crippen molar-refractivity contribution in [2.75, 3.05) is 16.8 Å². The number of rotatable bonds is 6. The fourth-order valence-electron chi connectivity index (χ4n) is 3.30. The Morgan fingerprint density at radius 2 is 1.71 bits per heavy atom. The summed E-state index contributed by atoms with van der Waals surface area (Å²) in [6.45, 7) is 3.83. The van der Waals surface area contributed by atoms with Crippen LogP contribution in [0, 0.1) is 13.8 Å². The van der Waals surface area contributed by atoms with Crippen LogP contribution in [0.2, 0.25) is 5.02 Å². The maximum atomic E-state index is 12.8. The quantitative estimate of drug-likeness (QED) is 0.323. The van der Waals surface area contributed by atoms with Crippen molar-refractivity contribution < 1.29 is 19.1 Å². The fraction of sp³-hybridized carbons (Fsp3) is 0.115. The van der Waals surface area contributed by atoms with E-state index < -0.39 is 5.91 Å². The van der Waals surface area contributed by atoms with E-state index in [1.165, 1.54) is 0 Å². The van der Waals surface area contributed by atoms with Gasteiger partial charge in [-0.1, -0.05) is 23.7 Å². The van der Waals surface area contributed by atoms with Gasteiger partial charge in [-0.25, -0.2) is 4.90 Å². The van der Waals surface area contributed by atoms with E-state index in [0.717, 1.165) is 37.8 Å². The molecule has 1 saturated heterocycles. The van der Waals surface area contributed by atoms with Crippen LogP contribution in [0.3, 0.4) is 0 Å². The van der Waals surface area contributed by atoms with Crippen LogP contribution in [0.1, 0.15) is 16.7 Å². The molecule has 0 atom stereocenters. The third-order valence-electron chi connectivity index (χ3n) is 5.28. The van der Waals surface area contributed by atoms with Crippen LogP contribution in [0.4, 0.5) is 16.2 Å². The highest BCUT2D eigenvalue weighted by molar-refractivity contribution is 9.10. The first-order valence-corrected chi connectivity index (χ1v) is 12.5. The van der Waals surface area contributed by atoms with Crippen LogP contribution in [-0.4, -0.2) is 23.7 Å². The summed E-state index contributed by atoms with van der Waals surface area (Å²) in [5.41, 5.74) is 4.08. The van der Waals surface area contributed by atoms with Gasteiger partial charge in [0.1, 0.15) is 5.75 Å². The third-order valence-corrected chi connectivity index (χ3v) is 7.06. The zero-order valence-electron chi connectivity index (χ0n) is 18.8. The molecule has 0 spiro atoms. The SMILES string of the molecule is Cc1cc(Br)c(NC(=O)COc2ccc(/C=C3\SC(=O)N(c4ccc(Cl)cc4)C3=O)cc2)cc1C. The molecule has 3 amide bonds. The molecule has 0 radical (unpaired) electrons. The Kier molecular flexibility index (Phi) is 7.64. The third kappa shape index (κ3) is 5.96. The van der Waals surface area contributed by atoms with Crippen LogP contribution in [0.25, 0.3) is 6.08 Å². The number of carbonyl (C=O) groups excluding carboxylic acids is 3. The largest absolute Gasteiger partial charge is 0.484 e. The highest BCUT2D eigenvalue weighted by Gasteiger charge is 2.36. The summed E-state index contributed by atoms with van der Waals surface area (Å²) in [6.07, 6.45) is 1.65. The van der Waals surface area contributed by atoms with Crippen LogP contribution >= 0.6 is 39.3 Å². The van der Waals surface area contributed by atoms with Gasteiger partial charge in [0.2, 0.25) is 0 Å². The summed E-state index contributed by atoms with van der Waals surface area (Å²) in [5, 5.41) is 2.99. The van der Waals surface area contributed by atoms with Gasteiger partial charge in [-0.2, -0.15) is 0 Å². The summed E-state index contributed by atoms with van der Waals surface area (Å²) in [5.74, 6) is -0.170. The predicted molar refractivity (Wildman–Crippen MR) is 144 cm³/mol. The molecule has 1 heterocycles. The molecule has 3 aromatic rings. The van der Waals surface area contributed by atoms with Gasteiger partial charge in [-0.15, -0.1) is 0 Å². The standard InChI is InChI=1S/C26H20BrClN2O4S/c1-15-11-21(27)22(12-16(15)2)29-24(31)14-34-20-9-3-17(4-10-20)13-23-25(32)30(26(33)35-23)19-7-5-18(28)6-8-19/h3-13H,14H2,1-2H3,(H,29,31)/b23-13-. The van der Waals surface area contributed by atoms with Gasteiger partial charge in [0.15, 0.2) is 6.61 Å². The molecule has 178 valence electrons. The number of hydrogen-bond donors (Lipinski definition) is 1. The molecule has 1 fully saturated rings. The van der Waals surface area contributed by atoms with E-state index in [0.29, 0.717) is 27.1 Å². The normalized spacial score (nSPS) is 14.5. The lowest BCUT2D eigenvalue weighted by molar-refractivity contribution is -0.118.